The summed E-state index contributed by atoms with van der Waals surface area (Å²) in [7, 11) is 0. The van der Waals surface area contributed by atoms with E-state index in [1.54, 1.807) is 6.07 Å². The second-order valence-corrected chi connectivity index (χ2v) is 8.73. The van der Waals surface area contributed by atoms with E-state index in [4.69, 9.17) is 0 Å². The number of aromatic nitrogens is 2. The summed E-state index contributed by atoms with van der Waals surface area (Å²) in [5.74, 6) is 0.308. The fraction of sp³-hybridized carbons (Fsp3) is 0.375. The molecule has 0 radical (unpaired) electrons. The van der Waals surface area contributed by atoms with Crippen LogP contribution in [0.3, 0.4) is 0 Å². The highest BCUT2D eigenvalue weighted by Crippen LogP contribution is 2.40. The van der Waals surface area contributed by atoms with Crippen molar-refractivity contribution in [1.82, 2.24) is 15.6 Å². The number of hydrazone groups is 1. The molecule has 1 atom stereocenters. The van der Waals surface area contributed by atoms with Gasteiger partial charge >= 0.3 is 0 Å². The van der Waals surface area contributed by atoms with Crippen molar-refractivity contribution in [2.75, 3.05) is 0 Å². The van der Waals surface area contributed by atoms with Gasteiger partial charge in [-0.25, -0.2) is 5.43 Å². The first-order chi connectivity index (χ1) is 14.4. The van der Waals surface area contributed by atoms with Crippen molar-refractivity contribution in [2.45, 2.75) is 46.5 Å². The van der Waals surface area contributed by atoms with E-state index in [-0.39, 0.29) is 17.1 Å². The lowest BCUT2D eigenvalue weighted by Crippen LogP contribution is -2.30. The molecule has 0 fully saturated rings. The summed E-state index contributed by atoms with van der Waals surface area (Å²) in [6.45, 7) is 6.81. The molecular weight excluding hydrogens is 376 g/mol. The Bertz CT molecular complexity index is 1110. The maximum Gasteiger partial charge on any atom is 0.292 e. The Labute approximate surface area is 176 Å². The number of carbonyl (C=O) groups excluding carboxylic acids is 1. The number of amides is 1. The maximum absolute atomic E-state index is 12.8. The van der Waals surface area contributed by atoms with Gasteiger partial charge in [0, 0.05) is 16.8 Å². The molecule has 1 heterocycles. The monoisotopic (exact) mass is 404 g/mol. The maximum atomic E-state index is 12.8. The van der Waals surface area contributed by atoms with Crippen molar-refractivity contribution in [3.05, 3.63) is 58.9 Å². The number of phenols is 1. The van der Waals surface area contributed by atoms with Crippen LogP contribution in [0.15, 0.2) is 41.5 Å². The van der Waals surface area contributed by atoms with Crippen molar-refractivity contribution in [2.24, 2.45) is 16.4 Å². The number of aryl methyl sites for hydroxylation is 1. The summed E-state index contributed by atoms with van der Waals surface area (Å²) in [5, 5.41) is 23.5. The molecule has 0 saturated carbocycles. The molecule has 6 nitrogen and oxygen atoms in total. The van der Waals surface area contributed by atoms with Crippen molar-refractivity contribution in [1.29, 1.82) is 0 Å². The van der Waals surface area contributed by atoms with E-state index in [2.05, 4.69) is 41.5 Å². The zero-order chi connectivity index (χ0) is 21.3. The zero-order valence-corrected chi connectivity index (χ0v) is 17.7. The number of rotatable bonds is 5. The Morgan fingerprint density at radius 2 is 2.13 bits per heavy atom. The number of hydrogen-bond donors (Lipinski definition) is 3. The van der Waals surface area contributed by atoms with Gasteiger partial charge in [0.25, 0.3) is 5.91 Å². The number of nitrogens with one attached hydrogen (secondary N) is 2. The lowest BCUT2D eigenvalue weighted by Gasteiger charge is -2.36. The minimum Gasteiger partial charge on any atom is -0.507 e. The Hall–Kier alpha value is -3.15. The predicted octanol–water partition coefficient (Wildman–Crippen LogP) is 4.57. The van der Waals surface area contributed by atoms with Crippen LogP contribution in [0.2, 0.25) is 0 Å². The third kappa shape index (κ3) is 3.70. The van der Waals surface area contributed by atoms with Crippen LogP contribution >= 0.6 is 0 Å². The molecule has 156 valence electrons. The van der Waals surface area contributed by atoms with Gasteiger partial charge in [-0.2, -0.15) is 10.2 Å². The molecule has 1 aromatic heterocycles. The third-order valence-electron chi connectivity index (χ3n) is 6.69. The van der Waals surface area contributed by atoms with Gasteiger partial charge in [0.05, 0.1) is 6.21 Å². The third-order valence-corrected chi connectivity index (χ3v) is 6.69. The number of benzene rings is 2. The molecule has 30 heavy (non-hydrogen) atoms. The van der Waals surface area contributed by atoms with Crippen molar-refractivity contribution >= 4 is 22.9 Å². The quantitative estimate of drug-likeness (QED) is 0.430. The van der Waals surface area contributed by atoms with Crippen LogP contribution in [0.4, 0.5) is 0 Å². The second-order valence-electron chi connectivity index (χ2n) is 8.73. The van der Waals surface area contributed by atoms with E-state index >= 15 is 0 Å². The lowest BCUT2D eigenvalue weighted by atomic mass is 9.69. The summed E-state index contributed by atoms with van der Waals surface area (Å²) in [6, 6.07) is 11.2. The number of aromatic amines is 1. The van der Waals surface area contributed by atoms with Crippen LogP contribution in [0, 0.1) is 11.3 Å². The molecule has 4 rings (SSSR count). The Kier molecular flexibility index (Phi) is 5.33. The molecular formula is C24H28N4O2. The number of aromatic hydroxyl groups is 1. The molecule has 6 heteroatoms. The molecule has 0 unspecified atom stereocenters. The molecule has 3 aromatic rings. The van der Waals surface area contributed by atoms with Crippen LogP contribution in [-0.2, 0) is 12.8 Å². The summed E-state index contributed by atoms with van der Waals surface area (Å²) in [6.07, 6.45) is 5.46. The zero-order valence-electron chi connectivity index (χ0n) is 17.7. The van der Waals surface area contributed by atoms with E-state index in [1.807, 2.05) is 30.3 Å². The van der Waals surface area contributed by atoms with E-state index < -0.39 is 0 Å². The van der Waals surface area contributed by atoms with Crippen LogP contribution in [0.5, 0.6) is 5.75 Å². The number of nitrogens with zero attached hydrogens (tertiary/aromatic N) is 2. The van der Waals surface area contributed by atoms with E-state index in [9.17, 15) is 9.90 Å². The highest BCUT2D eigenvalue weighted by Gasteiger charge is 2.34. The number of carbonyl (C=O) groups is 1. The number of hydrogen-bond acceptors (Lipinski definition) is 4. The number of phenolic OH excluding ortho intramolecular Hbond substituents is 1. The molecule has 0 spiro atoms. The van der Waals surface area contributed by atoms with Crippen LogP contribution in [0.25, 0.3) is 10.8 Å². The largest absolute Gasteiger partial charge is 0.507 e. The van der Waals surface area contributed by atoms with E-state index in [0.29, 0.717) is 17.2 Å². The summed E-state index contributed by atoms with van der Waals surface area (Å²) >= 11 is 0. The highest BCUT2D eigenvalue weighted by atomic mass is 16.3. The first-order valence-electron chi connectivity index (χ1n) is 10.5. The average molecular weight is 405 g/mol. The van der Waals surface area contributed by atoms with Gasteiger partial charge in [0.15, 0.2) is 5.69 Å². The fourth-order valence-electron chi connectivity index (χ4n) is 4.27. The molecule has 3 N–H and O–H groups in total. The van der Waals surface area contributed by atoms with E-state index in [0.717, 1.165) is 47.7 Å². The van der Waals surface area contributed by atoms with Gasteiger partial charge in [-0.15, -0.1) is 0 Å². The first-order valence-corrected chi connectivity index (χ1v) is 10.5. The van der Waals surface area contributed by atoms with Gasteiger partial charge in [0.2, 0.25) is 0 Å². The van der Waals surface area contributed by atoms with Crippen molar-refractivity contribution < 1.29 is 9.90 Å². The van der Waals surface area contributed by atoms with Gasteiger partial charge in [-0.05, 0) is 47.4 Å². The molecule has 0 aliphatic heterocycles. The van der Waals surface area contributed by atoms with E-state index in [1.165, 1.54) is 6.21 Å². The van der Waals surface area contributed by atoms with Crippen LogP contribution in [-0.4, -0.2) is 27.4 Å². The fourth-order valence-corrected chi connectivity index (χ4v) is 4.27. The molecule has 0 bridgehead atoms. The van der Waals surface area contributed by atoms with Gasteiger partial charge in [-0.3, -0.25) is 9.89 Å². The summed E-state index contributed by atoms with van der Waals surface area (Å²) in [4.78, 5) is 12.8. The highest BCUT2D eigenvalue weighted by molar-refractivity contribution is 6.03. The SMILES string of the molecule is CCC(C)(C)[C@H]1CCc2[nH]nc(C(=O)N/N=C/c3c(O)ccc4ccccc34)c2C1. The average Bonchev–Trinajstić information content (AvgIpc) is 3.18. The van der Waals surface area contributed by atoms with Crippen molar-refractivity contribution in [3.8, 4) is 5.75 Å². The number of fused-ring (bicyclic) bond motifs is 2. The molecule has 1 aliphatic carbocycles. The minimum absolute atomic E-state index is 0.119. The minimum atomic E-state index is -0.335. The van der Waals surface area contributed by atoms with Gasteiger partial charge < -0.3 is 5.11 Å². The molecule has 0 saturated heterocycles. The molecule has 1 amide bonds. The Balaban J connectivity index is 1.53. The molecule has 2 aromatic carbocycles. The van der Waals surface area contributed by atoms with Crippen LogP contribution < -0.4 is 5.43 Å². The number of H-pyrrole nitrogens is 1. The smallest absolute Gasteiger partial charge is 0.292 e. The standard InChI is InChI=1S/C24H28N4O2/c1-4-24(2,3)16-10-11-20-18(13-16)22(27-26-20)23(30)28-25-14-19-17-8-6-5-7-15(17)9-12-21(19)29/h5-9,12,14,16,29H,4,10-11,13H2,1-3H3,(H,26,27)(H,28,30)/b25-14+/t16-/m0/s1. The lowest BCUT2D eigenvalue weighted by molar-refractivity contribution is 0.0947. The summed E-state index contributed by atoms with van der Waals surface area (Å²) in [5.41, 5.74) is 5.86. The normalized spacial score (nSPS) is 16.7. The first kappa shape index (κ1) is 20.1. The summed E-state index contributed by atoms with van der Waals surface area (Å²) < 4.78 is 0. The van der Waals surface area contributed by atoms with Crippen molar-refractivity contribution in [3.63, 3.8) is 0 Å². The van der Waals surface area contributed by atoms with Gasteiger partial charge in [-0.1, -0.05) is 57.5 Å². The topological polar surface area (TPSA) is 90.4 Å². The van der Waals surface area contributed by atoms with Crippen LogP contribution in [0.1, 0.15) is 60.9 Å². The molecule has 1 aliphatic rings. The van der Waals surface area contributed by atoms with Gasteiger partial charge in [0.1, 0.15) is 5.75 Å². The Morgan fingerprint density at radius 3 is 2.93 bits per heavy atom. The second kappa shape index (κ2) is 7.94. The Morgan fingerprint density at radius 1 is 1.33 bits per heavy atom. The predicted molar refractivity (Wildman–Crippen MR) is 119 cm³/mol.